The topological polar surface area (TPSA) is 41.6 Å². The number of nitrogens with one attached hydrogen (secondary N) is 1. The first-order chi connectivity index (χ1) is 16.0. The Hall–Kier alpha value is -3.01. The number of alkyl halides is 6. The fourth-order valence-corrected chi connectivity index (χ4v) is 3.91. The van der Waals surface area contributed by atoms with Crippen molar-refractivity contribution in [3.63, 3.8) is 0 Å². The van der Waals surface area contributed by atoms with Gasteiger partial charge in [-0.1, -0.05) is 36.4 Å². The Bertz CT molecular complexity index is 959. The molecule has 0 aliphatic carbocycles. The molecule has 2 aromatic carbocycles. The third-order valence-corrected chi connectivity index (χ3v) is 5.57. The number of urea groups is 1. The van der Waals surface area contributed by atoms with E-state index in [1.165, 1.54) is 0 Å². The van der Waals surface area contributed by atoms with Gasteiger partial charge in [0.15, 0.2) is 0 Å². The van der Waals surface area contributed by atoms with Gasteiger partial charge in [-0.15, -0.1) is 6.58 Å². The molecule has 0 aromatic heterocycles. The van der Waals surface area contributed by atoms with Crippen LogP contribution >= 0.6 is 0 Å². The van der Waals surface area contributed by atoms with E-state index >= 15 is 0 Å². The predicted molar refractivity (Wildman–Crippen MR) is 114 cm³/mol. The standard InChI is InChI=1S/C24H24F6N2O2/c1-2-9-31-22(33)32-10-8-21(20(14-32)17-6-4-3-5-7-17)34-15-16-11-18(23(25,26)27)13-19(12-16)24(28,29)30/h2-7,11-13,20-21H,1,8-10,14-15H2,(H,31,33)/t20-,21-/m1/s1. The van der Waals surface area contributed by atoms with Gasteiger partial charge >= 0.3 is 18.4 Å². The molecule has 184 valence electrons. The molecule has 0 spiro atoms. The van der Waals surface area contributed by atoms with Gasteiger partial charge in [0.25, 0.3) is 0 Å². The third kappa shape index (κ3) is 6.53. The number of ether oxygens (including phenoxy) is 1. The van der Waals surface area contributed by atoms with Gasteiger partial charge in [0.2, 0.25) is 0 Å². The summed E-state index contributed by atoms with van der Waals surface area (Å²) in [5, 5.41) is 2.70. The Morgan fingerprint density at radius 3 is 2.24 bits per heavy atom. The number of likely N-dealkylation sites (tertiary alicyclic amines) is 1. The molecule has 0 radical (unpaired) electrons. The molecule has 10 heteroatoms. The van der Waals surface area contributed by atoms with Gasteiger partial charge in [-0.25, -0.2) is 4.79 Å². The first-order valence-electron chi connectivity index (χ1n) is 10.6. The molecule has 2 amide bonds. The number of nitrogens with zero attached hydrogens (tertiary/aromatic N) is 1. The maximum atomic E-state index is 13.2. The van der Waals surface area contributed by atoms with Crippen molar-refractivity contribution in [3.8, 4) is 0 Å². The zero-order valence-corrected chi connectivity index (χ0v) is 18.1. The van der Waals surface area contributed by atoms with Crippen LogP contribution in [0.4, 0.5) is 31.1 Å². The smallest absolute Gasteiger partial charge is 0.373 e. The van der Waals surface area contributed by atoms with Crippen molar-refractivity contribution >= 4 is 6.03 Å². The van der Waals surface area contributed by atoms with Crippen molar-refractivity contribution in [3.05, 3.63) is 83.4 Å². The maximum absolute atomic E-state index is 13.2. The SMILES string of the molecule is C=CCNC(=O)N1CC[C@@H](OCc2cc(C(F)(F)F)cc(C(F)(F)F)c2)[C@@H](c2ccccc2)C1. The summed E-state index contributed by atoms with van der Waals surface area (Å²) in [6.07, 6.45) is -8.44. The molecule has 1 heterocycles. The number of carbonyl (C=O) groups is 1. The van der Waals surface area contributed by atoms with E-state index in [-0.39, 0.29) is 30.1 Å². The first-order valence-corrected chi connectivity index (χ1v) is 10.6. The lowest BCUT2D eigenvalue weighted by Gasteiger charge is -2.38. The van der Waals surface area contributed by atoms with Crippen molar-refractivity contribution in [1.29, 1.82) is 0 Å². The lowest BCUT2D eigenvalue weighted by molar-refractivity contribution is -0.143. The van der Waals surface area contributed by atoms with E-state index in [4.69, 9.17) is 4.74 Å². The molecule has 1 aliphatic rings. The molecule has 0 unspecified atom stereocenters. The zero-order valence-electron chi connectivity index (χ0n) is 18.1. The molecule has 2 atom stereocenters. The quantitative estimate of drug-likeness (QED) is 0.402. The first kappa shape index (κ1) is 25.6. The van der Waals surface area contributed by atoms with Gasteiger partial charge in [0, 0.05) is 25.6 Å². The number of rotatable bonds is 6. The van der Waals surface area contributed by atoms with Crippen molar-refractivity contribution < 1.29 is 35.9 Å². The molecular formula is C24H24F6N2O2. The number of amides is 2. The number of halogens is 6. The fourth-order valence-electron chi connectivity index (χ4n) is 3.91. The molecule has 3 rings (SSSR count). The Balaban J connectivity index is 1.81. The average molecular weight is 486 g/mol. The van der Waals surface area contributed by atoms with Crippen molar-refractivity contribution in [1.82, 2.24) is 10.2 Å². The summed E-state index contributed by atoms with van der Waals surface area (Å²) >= 11 is 0. The summed E-state index contributed by atoms with van der Waals surface area (Å²) < 4.78 is 84.9. The van der Waals surface area contributed by atoms with Crippen LogP contribution in [0.2, 0.25) is 0 Å². The lowest BCUT2D eigenvalue weighted by atomic mass is 9.88. The fraction of sp³-hybridized carbons (Fsp3) is 0.375. The van der Waals surface area contributed by atoms with Crippen molar-refractivity contribution in [2.45, 2.75) is 37.4 Å². The minimum atomic E-state index is -4.92. The third-order valence-electron chi connectivity index (χ3n) is 5.57. The zero-order chi connectivity index (χ0) is 24.9. The van der Waals surface area contributed by atoms with Gasteiger partial charge in [-0.05, 0) is 35.7 Å². The van der Waals surface area contributed by atoms with Gasteiger partial charge in [-0.3, -0.25) is 0 Å². The molecule has 0 bridgehead atoms. The number of benzene rings is 2. The highest BCUT2D eigenvalue weighted by Crippen LogP contribution is 2.37. The van der Waals surface area contributed by atoms with Crippen LogP contribution in [0.15, 0.2) is 61.2 Å². The van der Waals surface area contributed by atoms with Gasteiger partial charge < -0.3 is 15.0 Å². The van der Waals surface area contributed by atoms with Crippen LogP contribution in [0, 0.1) is 0 Å². The molecular weight excluding hydrogens is 462 g/mol. The second kappa shape index (κ2) is 10.5. The summed E-state index contributed by atoms with van der Waals surface area (Å²) in [5.74, 6) is -0.308. The molecule has 0 saturated carbocycles. The van der Waals surface area contributed by atoms with E-state index in [1.807, 2.05) is 30.3 Å². The minimum Gasteiger partial charge on any atom is -0.373 e. The Morgan fingerprint density at radius 2 is 1.68 bits per heavy atom. The highest BCUT2D eigenvalue weighted by Gasteiger charge is 2.37. The van der Waals surface area contributed by atoms with Crippen molar-refractivity contribution in [2.24, 2.45) is 0 Å². The van der Waals surface area contributed by atoms with E-state index in [0.717, 1.165) is 5.56 Å². The average Bonchev–Trinajstić information content (AvgIpc) is 2.80. The van der Waals surface area contributed by atoms with Crippen LogP contribution in [-0.4, -0.2) is 36.7 Å². The maximum Gasteiger partial charge on any atom is 0.416 e. The highest BCUT2D eigenvalue weighted by molar-refractivity contribution is 5.74. The monoisotopic (exact) mass is 486 g/mol. The predicted octanol–water partition coefficient (Wildman–Crippen LogP) is 5.99. The summed E-state index contributed by atoms with van der Waals surface area (Å²) in [7, 11) is 0. The molecule has 34 heavy (non-hydrogen) atoms. The van der Waals surface area contributed by atoms with E-state index < -0.39 is 36.2 Å². The lowest BCUT2D eigenvalue weighted by Crippen LogP contribution is -2.49. The highest BCUT2D eigenvalue weighted by atomic mass is 19.4. The number of hydrogen-bond acceptors (Lipinski definition) is 2. The summed E-state index contributed by atoms with van der Waals surface area (Å²) in [6, 6.07) is 10.3. The van der Waals surface area contributed by atoms with Crippen LogP contribution in [0.1, 0.15) is 34.6 Å². The van der Waals surface area contributed by atoms with E-state index in [1.54, 1.807) is 11.0 Å². The molecule has 1 N–H and O–H groups in total. The Kier molecular flexibility index (Phi) is 7.91. The number of hydrogen-bond donors (Lipinski definition) is 1. The van der Waals surface area contributed by atoms with Crippen LogP contribution in [-0.2, 0) is 23.7 Å². The Labute approximate surface area is 193 Å². The van der Waals surface area contributed by atoms with Crippen LogP contribution in [0.25, 0.3) is 0 Å². The van der Waals surface area contributed by atoms with Crippen LogP contribution in [0.3, 0.4) is 0 Å². The second-order valence-corrected chi connectivity index (χ2v) is 7.99. The molecule has 4 nitrogen and oxygen atoms in total. The number of piperidine rings is 1. The summed E-state index contributed by atoms with van der Waals surface area (Å²) in [4.78, 5) is 14.0. The summed E-state index contributed by atoms with van der Waals surface area (Å²) in [6.45, 7) is 4.03. The molecule has 1 aliphatic heterocycles. The molecule has 1 fully saturated rings. The minimum absolute atomic E-state index is 0.0939. The number of carbonyl (C=O) groups excluding carboxylic acids is 1. The van der Waals surface area contributed by atoms with Crippen molar-refractivity contribution in [2.75, 3.05) is 19.6 Å². The Morgan fingerprint density at radius 1 is 1.06 bits per heavy atom. The van der Waals surface area contributed by atoms with Gasteiger partial charge in [-0.2, -0.15) is 26.3 Å². The van der Waals surface area contributed by atoms with E-state index in [2.05, 4.69) is 11.9 Å². The molecule has 1 saturated heterocycles. The van der Waals surface area contributed by atoms with Crippen LogP contribution in [0.5, 0.6) is 0 Å². The van der Waals surface area contributed by atoms with Crippen LogP contribution < -0.4 is 5.32 Å². The van der Waals surface area contributed by atoms with E-state index in [0.29, 0.717) is 31.6 Å². The summed E-state index contributed by atoms with van der Waals surface area (Å²) in [5.41, 5.74) is -2.13. The van der Waals surface area contributed by atoms with E-state index in [9.17, 15) is 31.1 Å². The van der Waals surface area contributed by atoms with Gasteiger partial charge in [0.05, 0.1) is 23.8 Å². The second-order valence-electron chi connectivity index (χ2n) is 7.99. The largest absolute Gasteiger partial charge is 0.416 e. The normalized spacial score (nSPS) is 19.1. The van der Waals surface area contributed by atoms with Gasteiger partial charge in [0.1, 0.15) is 0 Å². The molecule has 2 aromatic rings.